The highest BCUT2D eigenvalue weighted by Gasteiger charge is 2.48. The lowest BCUT2D eigenvalue weighted by Gasteiger charge is -2.47. The van der Waals surface area contributed by atoms with E-state index < -0.39 is 0 Å². The molecule has 0 spiro atoms. The molecule has 25 heavy (non-hydrogen) atoms. The van der Waals surface area contributed by atoms with Crippen LogP contribution in [0.1, 0.15) is 32.6 Å². The molecule has 3 saturated carbocycles. The van der Waals surface area contributed by atoms with Crippen molar-refractivity contribution in [2.75, 3.05) is 17.7 Å². The molecule has 2 aromatic rings. The normalized spacial score (nSPS) is 28.2. The Kier molecular flexibility index (Phi) is 4.19. The summed E-state index contributed by atoms with van der Waals surface area (Å²) >= 11 is 6.07. The fraction of sp³-hybridized carbons (Fsp3) is 0.588. The van der Waals surface area contributed by atoms with E-state index in [4.69, 9.17) is 22.1 Å². The van der Waals surface area contributed by atoms with Crippen LogP contribution in [0.5, 0.6) is 0 Å². The molecule has 5 rings (SSSR count). The van der Waals surface area contributed by atoms with Crippen molar-refractivity contribution in [1.29, 1.82) is 0 Å². The molecule has 0 amide bonds. The average molecular weight is 364 g/mol. The second kappa shape index (κ2) is 6.37. The first-order valence-electron chi connectivity index (χ1n) is 8.82. The maximum absolute atomic E-state index is 12.6. The molecule has 0 aliphatic heterocycles. The van der Waals surface area contributed by atoms with Gasteiger partial charge in [-0.3, -0.25) is 4.79 Å². The summed E-state index contributed by atoms with van der Waals surface area (Å²) in [6.07, 6.45) is 4.42. The predicted molar refractivity (Wildman–Crippen MR) is 95.4 cm³/mol. The minimum Gasteiger partial charge on any atom is -0.466 e. The highest BCUT2D eigenvalue weighted by molar-refractivity contribution is 6.28. The fourth-order valence-electron chi connectivity index (χ4n) is 4.49. The van der Waals surface area contributed by atoms with Gasteiger partial charge in [-0.2, -0.15) is 4.98 Å². The van der Waals surface area contributed by atoms with Gasteiger partial charge in [0.05, 0.1) is 12.5 Å². The number of nitrogen functional groups attached to an aromatic ring is 1. The summed E-state index contributed by atoms with van der Waals surface area (Å²) in [6, 6.07) is 3.62. The number of halogens is 1. The maximum Gasteiger partial charge on any atom is 0.311 e. The van der Waals surface area contributed by atoms with Crippen molar-refractivity contribution < 1.29 is 9.53 Å². The molecule has 3 fully saturated rings. The molecule has 0 saturated heterocycles. The number of nitrogens with two attached hydrogens (primary N) is 1. The number of esters is 1. The lowest BCUT2D eigenvalue weighted by molar-refractivity contribution is -0.154. The van der Waals surface area contributed by atoms with Crippen molar-refractivity contribution in [3.8, 4) is 0 Å². The van der Waals surface area contributed by atoms with E-state index in [1.807, 2.05) is 13.0 Å². The minimum absolute atomic E-state index is 0.00237. The first-order valence-corrected chi connectivity index (χ1v) is 9.20. The Hall–Kier alpha value is -2.02. The molecule has 3 aliphatic carbocycles. The lowest BCUT2D eigenvalue weighted by atomic mass is 9.61. The molecule has 8 heteroatoms. The van der Waals surface area contributed by atoms with E-state index in [9.17, 15) is 4.79 Å². The SMILES string of the molecule is CCOC(=O)[C@@H]1C2CCC(CC2)[C@H]1Nc1nc(Cl)nn2c(N)ccc12. The smallest absolute Gasteiger partial charge is 0.311 e. The van der Waals surface area contributed by atoms with Crippen LogP contribution in [0.15, 0.2) is 12.1 Å². The number of carbonyl (C=O) groups excluding carboxylic acids is 1. The van der Waals surface area contributed by atoms with Gasteiger partial charge in [-0.05, 0) is 68.2 Å². The van der Waals surface area contributed by atoms with Crippen molar-refractivity contribution in [1.82, 2.24) is 14.6 Å². The van der Waals surface area contributed by atoms with Crippen LogP contribution < -0.4 is 11.1 Å². The van der Waals surface area contributed by atoms with Gasteiger partial charge in [0.1, 0.15) is 11.3 Å². The van der Waals surface area contributed by atoms with Gasteiger partial charge < -0.3 is 15.8 Å². The quantitative estimate of drug-likeness (QED) is 0.811. The Bertz CT molecular complexity index is 800. The largest absolute Gasteiger partial charge is 0.466 e. The Balaban J connectivity index is 1.69. The first kappa shape index (κ1) is 16.4. The zero-order valence-electron chi connectivity index (χ0n) is 14.1. The molecular formula is C17H22ClN5O2. The van der Waals surface area contributed by atoms with Crippen molar-refractivity contribution in [3.05, 3.63) is 17.4 Å². The van der Waals surface area contributed by atoms with Gasteiger partial charge in [0.2, 0.25) is 5.28 Å². The van der Waals surface area contributed by atoms with E-state index in [0.717, 1.165) is 31.2 Å². The molecule has 7 nitrogen and oxygen atoms in total. The van der Waals surface area contributed by atoms with Crippen LogP contribution in [0, 0.1) is 17.8 Å². The maximum atomic E-state index is 12.6. The third-order valence-electron chi connectivity index (χ3n) is 5.60. The predicted octanol–water partition coefficient (Wildman–Crippen LogP) is 2.74. The second-order valence-corrected chi connectivity index (χ2v) is 7.25. The summed E-state index contributed by atoms with van der Waals surface area (Å²) in [5.41, 5.74) is 6.69. The second-order valence-electron chi connectivity index (χ2n) is 6.91. The number of ether oxygens (including phenoxy) is 1. The van der Waals surface area contributed by atoms with Gasteiger partial charge in [-0.1, -0.05) is 0 Å². The zero-order valence-corrected chi connectivity index (χ0v) is 14.9. The number of nitrogens with one attached hydrogen (secondary N) is 1. The average Bonchev–Trinajstić information content (AvgIpc) is 2.97. The van der Waals surface area contributed by atoms with E-state index in [2.05, 4.69) is 15.4 Å². The third-order valence-corrected chi connectivity index (χ3v) is 5.76. The standard InChI is InChI=1S/C17H22ClN5O2/c1-2-25-16(24)13-9-3-5-10(6-4-9)14(13)20-15-11-7-8-12(19)23(11)22-17(18)21-15/h7-10,13-14H,2-6,19H2,1H3,(H,20,21,22)/t9?,10?,13-,14-/m1/s1. The van der Waals surface area contributed by atoms with E-state index in [0.29, 0.717) is 30.1 Å². The van der Waals surface area contributed by atoms with E-state index >= 15 is 0 Å². The van der Waals surface area contributed by atoms with Crippen LogP contribution in [0.3, 0.4) is 0 Å². The number of aromatic nitrogens is 3. The van der Waals surface area contributed by atoms with Gasteiger partial charge in [0.15, 0.2) is 5.82 Å². The van der Waals surface area contributed by atoms with Crippen molar-refractivity contribution in [2.45, 2.75) is 38.6 Å². The topological polar surface area (TPSA) is 94.5 Å². The molecule has 0 unspecified atom stereocenters. The van der Waals surface area contributed by atoms with Crippen molar-refractivity contribution in [2.24, 2.45) is 17.8 Å². The number of hydrogen-bond donors (Lipinski definition) is 2. The van der Waals surface area contributed by atoms with Gasteiger partial charge in [-0.15, -0.1) is 5.10 Å². The van der Waals surface area contributed by atoms with Gasteiger partial charge in [0, 0.05) is 6.04 Å². The monoisotopic (exact) mass is 363 g/mol. The fourth-order valence-corrected chi connectivity index (χ4v) is 4.65. The number of anilines is 2. The minimum atomic E-state index is -0.145. The van der Waals surface area contributed by atoms with Crippen LogP contribution >= 0.6 is 11.6 Å². The van der Waals surface area contributed by atoms with Gasteiger partial charge in [0.25, 0.3) is 0 Å². The molecule has 2 heterocycles. The molecule has 0 radical (unpaired) electrons. The zero-order chi connectivity index (χ0) is 17.6. The summed E-state index contributed by atoms with van der Waals surface area (Å²) in [6.45, 7) is 2.25. The molecule has 0 aromatic carbocycles. The lowest BCUT2D eigenvalue weighted by Crippen LogP contribution is -2.52. The van der Waals surface area contributed by atoms with E-state index in [-0.39, 0.29) is 23.2 Å². The number of carbonyl (C=O) groups is 1. The Labute approximate surface area is 150 Å². The van der Waals surface area contributed by atoms with Crippen molar-refractivity contribution in [3.63, 3.8) is 0 Å². The molecule has 134 valence electrons. The molecule has 3 aliphatic rings. The Morgan fingerprint density at radius 3 is 2.80 bits per heavy atom. The van der Waals surface area contributed by atoms with Crippen LogP contribution in [-0.2, 0) is 9.53 Å². The number of nitrogens with zero attached hydrogens (tertiary/aromatic N) is 3. The van der Waals surface area contributed by atoms with Gasteiger partial charge in [-0.25, -0.2) is 4.52 Å². The van der Waals surface area contributed by atoms with Crippen LogP contribution in [0.25, 0.3) is 5.52 Å². The summed E-state index contributed by atoms with van der Waals surface area (Å²) in [5, 5.41) is 7.74. The van der Waals surface area contributed by atoms with E-state index in [1.165, 1.54) is 0 Å². The molecular weight excluding hydrogens is 342 g/mol. The summed E-state index contributed by atoms with van der Waals surface area (Å²) < 4.78 is 6.92. The summed E-state index contributed by atoms with van der Waals surface area (Å²) in [7, 11) is 0. The first-order chi connectivity index (χ1) is 12.1. The number of hydrogen-bond acceptors (Lipinski definition) is 6. The number of fused-ring (bicyclic) bond motifs is 4. The Morgan fingerprint density at radius 2 is 2.08 bits per heavy atom. The van der Waals surface area contributed by atoms with Crippen molar-refractivity contribution >= 4 is 34.7 Å². The molecule has 2 atom stereocenters. The molecule has 2 aromatic heterocycles. The highest BCUT2D eigenvalue weighted by atomic mass is 35.5. The summed E-state index contributed by atoms with van der Waals surface area (Å²) in [4.78, 5) is 16.9. The Morgan fingerprint density at radius 1 is 1.36 bits per heavy atom. The summed E-state index contributed by atoms with van der Waals surface area (Å²) in [5.74, 6) is 1.65. The van der Waals surface area contributed by atoms with Crippen LogP contribution in [0.4, 0.5) is 11.6 Å². The van der Waals surface area contributed by atoms with E-state index in [1.54, 1.807) is 10.6 Å². The highest BCUT2D eigenvalue weighted by Crippen LogP contribution is 2.47. The van der Waals surface area contributed by atoms with Gasteiger partial charge >= 0.3 is 5.97 Å². The van der Waals surface area contributed by atoms with Crippen LogP contribution in [-0.4, -0.2) is 33.2 Å². The third kappa shape index (κ3) is 2.80. The van der Waals surface area contributed by atoms with Crippen LogP contribution in [0.2, 0.25) is 5.28 Å². The molecule has 2 bridgehead atoms. The number of rotatable bonds is 4. The molecule has 3 N–H and O–H groups in total.